The fourth-order valence-electron chi connectivity index (χ4n) is 3.83. The molecule has 1 unspecified atom stereocenters. The van der Waals surface area contributed by atoms with Crippen molar-refractivity contribution < 1.29 is 13.2 Å². The molecule has 0 amide bonds. The van der Waals surface area contributed by atoms with Gasteiger partial charge in [-0.15, -0.1) is 0 Å². The number of rotatable bonds is 15. The van der Waals surface area contributed by atoms with Crippen LogP contribution in [0.3, 0.4) is 0 Å². The summed E-state index contributed by atoms with van der Waals surface area (Å²) in [5, 5.41) is 4.23. The minimum Gasteiger partial charge on any atom is -0.265 e. The van der Waals surface area contributed by atoms with Crippen molar-refractivity contribution in [1.82, 2.24) is 9.78 Å². The maximum Gasteiger partial charge on any atom is 0.416 e. The second-order valence-electron chi connectivity index (χ2n) is 12.1. The Bertz CT molecular complexity index is 828. The average molecular weight is 627 g/mol. The molecule has 1 heterocycles. The van der Waals surface area contributed by atoms with E-state index in [0.29, 0.717) is 12.1 Å². The molecule has 0 bridgehead atoms. The summed E-state index contributed by atoms with van der Waals surface area (Å²) in [7, 11) is 0. The van der Waals surface area contributed by atoms with E-state index in [1.54, 1.807) is 10.7 Å². The molecule has 0 radical (unpaired) electrons. The highest BCUT2D eigenvalue weighted by Gasteiger charge is 2.30. The number of hydrogen-bond acceptors (Lipinski definition) is 1. The van der Waals surface area contributed by atoms with Gasteiger partial charge in [0.25, 0.3) is 0 Å². The molecule has 44 heavy (non-hydrogen) atoms. The zero-order valence-electron chi connectivity index (χ0n) is 31.0. The van der Waals surface area contributed by atoms with E-state index in [9.17, 15) is 13.2 Å². The first-order chi connectivity index (χ1) is 20.9. The van der Waals surface area contributed by atoms with Gasteiger partial charge in [0.1, 0.15) is 0 Å². The van der Waals surface area contributed by atoms with Gasteiger partial charge in [-0.2, -0.15) is 18.3 Å². The van der Waals surface area contributed by atoms with Gasteiger partial charge in [0.15, 0.2) is 0 Å². The van der Waals surface area contributed by atoms with E-state index in [4.69, 9.17) is 0 Å². The minimum absolute atomic E-state index is 0.351. The first-order valence-electron chi connectivity index (χ1n) is 18.1. The summed E-state index contributed by atoms with van der Waals surface area (Å²) in [6.45, 7) is 24.2. The van der Waals surface area contributed by atoms with Gasteiger partial charge in [-0.05, 0) is 43.5 Å². The quantitative estimate of drug-likeness (QED) is 0.180. The number of unbranched alkanes of at least 4 members (excludes halogenated alkanes) is 10. The van der Waals surface area contributed by atoms with Gasteiger partial charge < -0.3 is 0 Å². The Hall–Kier alpha value is -1.78. The van der Waals surface area contributed by atoms with Gasteiger partial charge >= 0.3 is 6.18 Å². The third-order valence-corrected chi connectivity index (χ3v) is 7.39. The standard InChI is InChI=1S/C13H13F3N2.2C9H20.2C4H10/c1-9-6-10(2)18(17-9)8-11-4-3-5-12(7-11)13(14,15)16;1-4-6-7-8-9(3)5-2;1-3-5-7-9-8-6-4-2;2*1-3-4-2/h3-7H,8H2,1-2H3;9H,4-8H2,1-3H3;3-9H2,1-2H3;2*3-4H2,1-2H3. The zero-order valence-corrected chi connectivity index (χ0v) is 31.0. The molecule has 2 nitrogen and oxygen atoms in total. The van der Waals surface area contributed by atoms with Crippen molar-refractivity contribution >= 4 is 0 Å². The van der Waals surface area contributed by atoms with E-state index < -0.39 is 11.7 Å². The summed E-state index contributed by atoms with van der Waals surface area (Å²) in [6.07, 6.45) is 18.0. The lowest BCUT2D eigenvalue weighted by molar-refractivity contribution is -0.137. The van der Waals surface area contributed by atoms with Crippen molar-refractivity contribution in [2.24, 2.45) is 5.92 Å². The van der Waals surface area contributed by atoms with Crippen LogP contribution in [0.1, 0.15) is 188 Å². The lowest BCUT2D eigenvalue weighted by Crippen LogP contribution is -2.08. The molecule has 2 aromatic rings. The highest BCUT2D eigenvalue weighted by Crippen LogP contribution is 2.29. The Balaban J connectivity index is -0.000000549. The summed E-state index contributed by atoms with van der Waals surface area (Å²) < 4.78 is 39.4. The molecule has 260 valence electrons. The van der Waals surface area contributed by atoms with E-state index in [1.165, 1.54) is 109 Å². The third kappa shape index (κ3) is 30.3. The predicted molar refractivity (Wildman–Crippen MR) is 191 cm³/mol. The number of hydrogen-bond donors (Lipinski definition) is 0. The molecule has 5 heteroatoms. The smallest absolute Gasteiger partial charge is 0.265 e. The molecule has 0 N–H and O–H groups in total. The van der Waals surface area contributed by atoms with E-state index in [2.05, 4.69) is 67.4 Å². The van der Waals surface area contributed by atoms with E-state index >= 15 is 0 Å². The predicted octanol–water partition coefficient (Wildman–Crippen LogP) is 14.5. The van der Waals surface area contributed by atoms with Gasteiger partial charge in [-0.25, -0.2) is 0 Å². The molecular weight excluding hydrogens is 553 g/mol. The van der Waals surface area contributed by atoms with Crippen LogP contribution in [0.2, 0.25) is 0 Å². The van der Waals surface area contributed by atoms with Crippen LogP contribution in [0.5, 0.6) is 0 Å². The maximum atomic E-state index is 12.6. The molecule has 0 saturated carbocycles. The summed E-state index contributed by atoms with van der Waals surface area (Å²) in [4.78, 5) is 0. The average Bonchev–Trinajstić information content (AvgIpc) is 3.33. The van der Waals surface area contributed by atoms with Crippen LogP contribution in [-0.2, 0) is 12.7 Å². The van der Waals surface area contributed by atoms with Crippen LogP contribution in [0.15, 0.2) is 30.3 Å². The van der Waals surface area contributed by atoms with Gasteiger partial charge in [0.2, 0.25) is 0 Å². The highest BCUT2D eigenvalue weighted by molar-refractivity contribution is 5.26. The summed E-state index contributed by atoms with van der Waals surface area (Å²) >= 11 is 0. The SMILES string of the molecule is CCCC.CCCC.CCCCCC(C)CC.CCCCCCCCC.Cc1cc(C)n(Cc2cccc(C(F)(F)F)c2)n1. The first kappa shape index (κ1) is 46.6. The topological polar surface area (TPSA) is 17.8 Å². The molecular formula is C39H73F3N2. The molecule has 2 rings (SSSR count). The maximum absolute atomic E-state index is 12.6. The Morgan fingerprint density at radius 2 is 1.14 bits per heavy atom. The number of nitrogens with zero attached hydrogens (tertiary/aromatic N) is 2. The van der Waals surface area contributed by atoms with Crippen LogP contribution in [-0.4, -0.2) is 9.78 Å². The van der Waals surface area contributed by atoms with Crippen LogP contribution in [0, 0.1) is 19.8 Å². The lowest BCUT2D eigenvalue weighted by Gasteiger charge is -2.09. The number of halogens is 3. The minimum atomic E-state index is -4.30. The number of aryl methyl sites for hydroxylation is 2. The Morgan fingerprint density at radius 3 is 1.52 bits per heavy atom. The Kier molecular flexibility index (Phi) is 34.6. The van der Waals surface area contributed by atoms with E-state index in [-0.39, 0.29) is 0 Å². The van der Waals surface area contributed by atoms with Gasteiger partial charge in [-0.3, -0.25) is 4.68 Å². The molecule has 0 fully saturated rings. The molecule has 1 atom stereocenters. The largest absolute Gasteiger partial charge is 0.416 e. The number of benzene rings is 1. The molecule has 0 spiro atoms. The normalized spacial score (nSPS) is 11.0. The number of aromatic nitrogens is 2. The van der Waals surface area contributed by atoms with Crippen molar-refractivity contribution in [3.63, 3.8) is 0 Å². The Labute approximate surface area is 273 Å². The summed E-state index contributed by atoms with van der Waals surface area (Å²) in [5.74, 6) is 0.955. The lowest BCUT2D eigenvalue weighted by atomic mass is 10.0. The van der Waals surface area contributed by atoms with Gasteiger partial charge in [-0.1, -0.05) is 177 Å². The molecule has 1 aromatic carbocycles. The van der Waals surface area contributed by atoms with Gasteiger partial charge in [0.05, 0.1) is 17.8 Å². The van der Waals surface area contributed by atoms with Crippen molar-refractivity contribution in [3.05, 3.63) is 52.8 Å². The van der Waals surface area contributed by atoms with Crippen LogP contribution >= 0.6 is 0 Å². The second-order valence-corrected chi connectivity index (χ2v) is 12.1. The third-order valence-electron chi connectivity index (χ3n) is 7.39. The molecule has 0 aliphatic rings. The fourth-order valence-corrected chi connectivity index (χ4v) is 3.83. The summed E-state index contributed by atoms with van der Waals surface area (Å²) in [5.41, 5.74) is 1.77. The van der Waals surface area contributed by atoms with Crippen LogP contribution < -0.4 is 0 Å². The number of alkyl halides is 3. The van der Waals surface area contributed by atoms with Crippen LogP contribution in [0.25, 0.3) is 0 Å². The summed E-state index contributed by atoms with van der Waals surface area (Å²) in [6, 6.07) is 7.23. The van der Waals surface area contributed by atoms with Crippen molar-refractivity contribution in [2.75, 3.05) is 0 Å². The van der Waals surface area contributed by atoms with Crippen molar-refractivity contribution in [1.29, 1.82) is 0 Å². The van der Waals surface area contributed by atoms with Crippen LogP contribution in [0.4, 0.5) is 13.2 Å². The van der Waals surface area contributed by atoms with Gasteiger partial charge in [0, 0.05) is 5.69 Å². The second kappa shape index (κ2) is 32.6. The molecule has 1 aromatic heterocycles. The molecule has 0 aliphatic heterocycles. The fraction of sp³-hybridized carbons (Fsp3) is 0.769. The first-order valence-corrected chi connectivity index (χ1v) is 18.1. The monoisotopic (exact) mass is 627 g/mol. The van der Waals surface area contributed by atoms with Crippen molar-refractivity contribution in [2.45, 2.75) is 192 Å². The van der Waals surface area contributed by atoms with E-state index in [1.807, 2.05) is 19.9 Å². The van der Waals surface area contributed by atoms with Crippen molar-refractivity contribution in [3.8, 4) is 0 Å². The van der Waals surface area contributed by atoms with E-state index in [0.717, 1.165) is 29.4 Å². The molecule has 0 aliphatic carbocycles. The Morgan fingerprint density at radius 1 is 0.659 bits per heavy atom. The molecule has 0 saturated heterocycles. The highest BCUT2D eigenvalue weighted by atomic mass is 19.4. The zero-order chi connectivity index (χ0) is 34.2.